The van der Waals surface area contributed by atoms with Crippen molar-refractivity contribution in [3.63, 3.8) is 0 Å². The number of hydrogen-bond donors (Lipinski definition) is 0. The number of hydroxylamine groups is 3. The van der Waals surface area contributed by atoms with Gasteiger partial charge in [-0.25, -0.2) is 9.59 Å². The number of aromatic nitrogens is 1. The standard InChI is InChI=1S/C20H19BrN2O5/c1-27-15-7-4-13(5-8-15)12-23(26)10-2-3-17(19(23)24)22-16-9-6-14(21)11-18(16)28-20(22)25/h4-9,11,17H,2-3,10,12H2,1H3. The van der Waals surface area contributed by atoms with E-state index in [1.54, 1.807) is 49.6 Å². The zero-order chi connectivity index (χ0) is 19.9. The summed E-state index contributed by atoms with van der Waals surface area (Å²) >= 11 is 3.34. The number of halogens is 1. The summed E-state index contributed by atoms with van der Waals surface area (Å²) in [7, 11) is 1.57. The Balaban J connectivity index is 1.68. The predicted molar refractivity (Wildman–Crippen MR) is 107 cm³/mol. The molecule has 1 fully saturated rings. The van der Waals surface area contributed by atoms with Gasteiger partial charge in [0, 0.05) is 10.0 Å². The maximum Gasteiger partial charge on any atom is 0.420 e. The average molecular weight is 447 g/mol. The predicted octanol–water partition coefficient (Wildman–Crippen LogP) is 3.74. The third-order valence-electron chi connectivity index (χ3n) is 5.17. The fourth-order valence-electron chi connectivity index (χ4n) is 3.77. The Morgan fingerprint density at radius 3 is 2.71 bits per heavy atom. The van der Waals surface area contributed by atoms with E-state index < -0.39 is 22.4 Å². The van der Waals surface area contributed by atoms with E-state index in [2.05, 4.69) is 15.9 Å². The van der Waals surface area contributed by atoms with Crippen LogP contribution >= 0.6 is 15.9 Å². The van der Waals surface area contributed by atoms with E-state index in [0.717, 1.165) is 10.0 Å². The quantitative estimate of drug-likeness (QED) is 0.450. The highest BCUT2D eigenvalue weighted by Crippen LogP contribution is 2.32. The van der Waals surface area contributed by atoms with Crippen LogP contribution in [0.4, 0.5) is 0 Å². The van der Waals surface area contributed by atoms with Gasteiger partial charge in [0.15, 0.2) is 11.6 Å². The van der Waals surface area contributed by atoms with Crippen molar-refractivity contribution in [3.05, 3.63) is 68.3 Å². The first-order valence-corrected chi connectivity index (χ1v) is 9.76. The molecule has 28 heavy (non-hydrogen) atoms. The monoisotopic (exact) mass is 446 g/mol. The van der Waals surface area contributed by atoms with Crippen LogP contribution in [0.1, 0.15) is 24.4 Å². The molecule has 0 bridgehead atoms. The number of oxazole rings is 1. The van der Waals surface area contributed by atoms with Crippen LogP contribution in [-0.2, 0) is 11.3 Å². The highest BCUT2D eigenvalue weighted by Gasteiger charge is 2.41. The molecule has 2 heterocycles. The van der Waals surface area contributed by atoms with E-state index >= 15 is 0 Å². The lowest BCUT2D eigenvalue weighted by Gasteiger charge is -2.45. The SMILES string of the molecule is COc1ccc(C[N+]2([O-])CCCC(n3c(=O)oc4cc(Br)ccc43)C2=O)cc1. The van der Waals surface area contributed by atoms with Gasteiger partial charge < -0.3 is 14.4 Å². The summed E-state index contributed by atoms with van der Waals surface area (Å²) < 4.78 is 11.5. The van der Waals surface area contributed by atoms with Crippen LogP contribution in [0, 0.1) is 5.21 Å². The molecule has 2 aromatic carbocycles. The Morgan fingerprint density at radius 2 is 2.00 bits per heavy atom. The molecule has 0 saturated carbocycles. The fourth-order valence-corrected chi connectivity index (χ4v) is 4.11. The smallest absolute Gasteiger partial charge is 0.420 e. The van der Waals surface area contributed by atoms with Crippen LogP contribution in [0.2, 0.25) is 0 Å². The van der Waals surface area contributed by atoms with Gasteiger partial charge in [0.2, 0.25) is 0 Å². The minimum Gasteiger partial charge on any atom is -0.625 e. The Kier molecular flexibility index (Phi) is 4.86. The summed E-state index contributed by atoms with van der Waals surface area (Å²) in [6.07, 6.45) is 0.986. The second-order valence-electron chi connectivity index (χ2n) is 6.97. The van der Waals surface area contributed by atoms with Gasteiger partial charge >= 0.3 is 11.7 Å². The number of quaternary nitrogens is 1. The third kappa shape index (κ3) is 3.28. The Bertz CT molecular complexity index is 1090. The third-order valence-corrected chi connectivity index (χ3v) is 5.66. The molecule has 7 nitrogen and oxygen atoms in total. The first kappa shape index (κ1) is 18.9. The molecule has 1 aliphatic rings. The summed E-state index contributed by atoms with van der Waals surface area (Å²) in [6.45, 7) is 0.215. The molecule has 1 aromatic heterocycles. The molecule has 1 saturated heterocycles. The van der Waals surface area contributed by atoms with Crippen molar-refractivity contribution in [1.29, 1.82) is 0 Å². The second kappa shape index (κ2) is 7.20. The zero-order valence-corrected chi connectivity index (χ0v) is 16.8. The van der Waals surface area contributed by atoms with Crippen molar-refractivity contribution >= 4 is 32.9 Å². The van der Waals surface area contributed by atoms with Gasteiger partial charge in [0.1, 0.15) is 12.3 Å². The van der Waals surface area contributed by atoms with E-state index in [-0.39, 0.29) is 13.1 Å². The van der Waals surface area contributed by atoms with Gasteiger partial charge in [-0.1, -0.05) is 15.9 Å². The fraction of sp³-hybridized carbons (Fsp3) is 0.300. The zero-order valence-electron chi connectivity index (χ0n) is 15.3. The number of rotatable bonds is 4. The average Bonchev–Trinajstić information content (AvgIpc) is 2.99. The highest BCUT2D eigenvalue weighted by atomic mass is 79.9. The molecule has 0 spiro atoms. The minimum absolute atomic E-state index is 0.0232. The maximum atomic E-state index is 13.4. The summed E-state index contributed by atoms with van der Waals surface area (Å²) in [5.74, 6) is -0.453. The molecule has 4 rings (SSSR count). The van der Waals surface area contributed by atoms with E-state index in [4.69, 9.17) is 9.15 Å². The molecule has 2 atom stereocenters. The number of hydrogen-bond acceptors (Lipinski definition) is 5. The normalized spacial score (nSPS) is 22.5. The molecule has 3 aromatic rings. The van der Waals surface area contributed by atoms with Gasteiger partial charge in [-0.2, -0.15) is 0 Å². The lowest BCUT2D eigenvalue weighted by atomic mass is 10.0. The number of amides is 1. The van der Waals surface area contributed by atoms with Crippen molar-refractivity contribution in [3.8, 4) is 5.75 Å². The van der Waals surface area contributed by atoms with Gasteiger partial charge in [-0.3, -0.25) is 9.21 Å². The summed E-state index contributed by atoms with van der Waals surface area (Å²) in [5, 5.41) is 13.4. The molecule has 8 heteroatoms. The molecule has 0 N–H and O–H groups in total. The van der Waals surface area contributed by atoms with Crippen LogP contribution in [0.5, 0.6) is 5.75 Å². The number of ether oxygens (including phenoxy) is 1. The first-order chi connectivity index (χ1) is 13.4. The number of carbonyl (C=O) groups excluding carboxylic acids is 1. The molecule has 1 aliphatic heterocycles. The number of nitrogens with zero attached hydrogens (tertiary/aromatic N) is 2. The number of piperidine rings is 1. The number of carbonyl (C=O) groups is 1. The second-order valence-corrected chi connectivity index (χ2v) is 7.88. The lowest BCUT2D eigenvalue weighted by molar-refractivity contribution is -0.823. The van der Waals surface area contributed by atoms with Crippen molar-refractivity contribution < 1.29 is 18.6 Å². The number of likely N-dealkylation sites (tertiary alicyclic amines) is 1. The summed E-state index contributed by atoms with van der Waals surface area (Å²) in [6, 6.07) is 11.4. The van der Waals surface area contributed by atoms with Crippen LogP contribution in [0.3, 0.4) is 0 Å². The highest BCUT2D eigenvalue weighted by molar-refractivity contribution is 9.10. The minimum atomic E-state index is -0.993. The van der Waals surface area contributed by atoms with Gasteiger partial charge in [-0.05, 0) is 55.3 Å². The van der Waals surface area contributed by atoms with Crippen molar-refractivity contribution in [2.75, 3.05) is 13.7 Å². The van der Waals surface area contributed by atoms with Crippen LogP contribution < -0.4 is 10.5 Å². The van der Waals surface area contributed by atoms with Gasteiger partial charge in [-0.15, -0.1) is 0 Å². The topological polar surface area (TPSA) is 84.5 Å². The summed E-state index contributed by atoms with van der Waals surface area (Å²) in [4.78, 5) is 25.6. The molecule has 146 valence electrons. The molecule has 0 aliphatic carbocycles. The first-order valence-electron chi connectivity index (χ1n) is 8.97. The molecular formula is C20H19BrN2O5. The van der Waals surface area contributed by atoms with Crippen molar-refractivity contribution in [1.82, 2.24) is 4.57 Å². The van der Waals surface area contributed by atoms with Gasteiger partial charge in [0.25, 0.3) is 0 Å². The number of benzene rings is 2. The van der Waals surface area contributed by atoms with Crippen LogP contribution in [-0.4, -0.2) is 28.8 Å². The Hall–Kier alpha value is -2.42. The Labute approximate surface area is 169 Å². The van der Waals surface area contributed by atoms with Gasteiger partial charge in [0.05, 0.1) is 19.2 Å². The van der Waals surface area contributed by atoms with E-state index in [0.29, 0.717) is 29.7 Å². The van der Waals surface area contributed by atoms with Crippen molar-refractivity contribution in [2.24, 2.45) is 0 Å². The van der Waals surface area contributed by atoms with E-state index in [1.165, 1.54) is 4.57 Å². The Morgan fingerprint density at radius 1 is 1.25 bits per heavy atom. The van der Waals surface area contributed by atoms with Crippen LogP contribution in [0.25, 0.3) is 11.1 Å². The number of fused-ring (bicyclic) bond motifs is 1. The lowest BCUT2D eigenvalue weighted by Crippen LogP contribution is -2.54. The molecular weight excluding hydrogens is 428 g/mol. The van der Waals surface area contributed by atoms with Crippen molar-refractivity contribution in [2.45, 2.75) is 25.4 Å². The molecule has 1 amide bonds. The maximum absolute atomic E-state index is 13.4. The molecule has 0 radical (unpaired) electrons. The van der Waals surface area contributed by atoms with E-state index in [1.807, 2.05) is 0 Å². The summed E-state index contributed by atoms with van der Waals surface area (Å²) in [5.41, 5.74) is 1.65. The molecule has 2 unspecified atom stereocenters. The van der Waals surface area contributed by atoms with E-state index in [9.17, 15) is 14.8 Å². The number of methoxy groups -OCH3 is 1. The van der Waals surface area contributed by atoms with Crippen LogP contribution in [0.15, 0.2) is 56.1 Å². The largest absolute Gasteiger partial charge is 0.625 e.